The molecule has 0 amide bonds. The summed E-state index contributed by atoms with van der Waals surface area (Å²) in [6.45, 7) is 0. The summed E-state index contributed by atoms with van der Waals surface area (Å²) in [7, 11) is 0. The number of hydrogen-bond acceptors (Lipinski definition) is 1. The molecule has 2 rings (SSSR count). The number of hydrogen-bond donors (Lipinski definition) is 0. The Morgan fingerprint density at radius 1 is 1.25 bits per heavy atom. The van der Waals surface area contributed by atoms with Gasteiger partial charge in [0.2, 0.25) is 0 Å². The first-order valence-electron chi connectivity index (χ1n) is 3.99. The number of halogens is 1. The third kappa shape index (κ3) is 1.35. The Morgan fingerprint density at radius 3 is 2.92 bits per heavy atom. The number of allylic oxidation sites excluding steroid dienone is 1. The average Bonchev–Trinajstić information content (AvgIpc) is 2.17. The van der Waals surface area contributed by atoms with Crippen LogP contribution in [0.25, 0.3) is 5.76 Å². The van der Waals surface area contributed by atoms with Crippen LogP contribution in [0, 0.1) is 0 Å². The number of aryl methyl sites for hydroxylation is 1. The van der Waals surface area contributed by atoms with E-state index in [0.717, 1.165) is 18.6 Å². The first-order chi connectivity index (χ1) is 5.92. The summed E-state index contributed by atoms with van der Waals surface area (Å²) < 4.78 is 5.25. The van der Waals surface area contributed by atoms with Crippen molar-refractivity contribution in [1.29, 1.82) is 0 Å². The molecule has 1 nitrogen and oxygen atoms in total. The third-order valence-electron chi connectivity index (χ3n) is 2.11. The van der Waals surface area contributed by atoms with Gasteiger partial charge in [-0.2, -0.15) is 0 Å². The highest BCUT2D eigenvalue weighted by Gasteiger charge is 2.11. The lowest BCUT2D eigenvalue weighted by Gasteiger charge is -2.14. The molecule has 0 spiro atoms. The fourth-order valence-electron chi connectivity index (χ4n) is 1.52. The van der Waals surface area contributed by atoms with Gasteiger partial charge in [-0.15, -0.1) is 0 Å². The summed E-state index contributed by atoms with van der Waals surface area (Å²) in [5.41, 5.74) is 2.64. The highest BCUT2D eigenvalue weighted by molar-refractivity contribution is 14.1. The molecule has 0 bridgehead atoms. The van der Waals surface area contributed by atoms with Gasteiger partial charge >= 0.3 is 0 Å². The molecule has 1 aliphatic rings. The van der Waals surface area contributed by atoms with Gasteiger partial charge in [0, 0.05) is 5.56 Å². The monoisotopic (exact) mass is 272 g/mol. The van der Waals surface area contributed by atoms with Crippen LogP contribution in [-0.4, -0.2) is 0 Å². The molecule has 0 saturated carbocycles. The molecule has 0 aromatic heterocycles. The minimum Gasteiger partial charge on any atom is -0.427 e. The van der Waals surface area contributed by atoms with Crippen LogP contribution < -0.4 is 0 Å². The maximum Gasteiger partial charge on any atom is 0.192 e. The fourth-order valence-corrected chi connectivity index (χ4v) is 1.94. The lowest BCUT2D eigenvalue weighted by molar-refractivity contribution is 0.662. The topological polar surface area (TPSA) is 9.23 Å². The van der Waals surface area contributed by atoms with Crippen LogP contribution in [0.5, 0.6) is 0 Å². The SMILES string of the molecule is IOC1=CCCc2ccccc21. The van der Waals surface area contributed by atoms with E-state index in [0.29, 0.717) is 0 Å². The molecule has 12 heavy (non-hydrogen) atoms. The summed E-state index contributed by atoms with van der Waals surface area (Å²) in [5, 5.41) is 0. The highest BCUT2D eigenvalue weighted by atomic mass is 127. The van der Waals surface area contributed by atoms with Gasteiger partial charge in [-0.25, -0.2) is 0 Å². The molecule has 0 N–H and O–H groups in total. The molecule has 62 valence electrons. The van der Waals surface area contributed by atoms with Crippen molar-refractivity contribution in [3.8, 4) is 0 Å². The van der Waals surface area contributed by atoms with Crippen LogP contribution in [0.1, 0.15) is 17.5 Å². The predicted octanol–water partition coefficient (Wildman–Crippen LogP) is 3.34. The Hall–Kier alpha value is -0.510. The molecule has 1 aromatic carbocycles. The minimum absolute atomic E-state index is 1.01. The van der Waals surface area contributed by atoms with Crippen molar-refractivity contribution < 1.29 is 3.07 Å². The summed E-state index contributed by atoms with van der Waals surface area (Å²) in [6, 6.07) is 8.40. The molecule has 2 heteroatoms. The van der Waals surface area contributed by atoms with Gasteiger partial charge in [0.25, 0.3) is 0 Å². The first-order valence-corrected chi connectivity index (χ1v) is 4.87. The molecule has 0 saturated heterocycles. The van der Waals surface area contributed by atoms with Crippen LogP contribution in [0.3, 0.4) is 0 Å². The zero-order valence-corrected chi connectivity index (χ0v) is 8.74. The standard InChI is InChI=1S/C10H9IO/c11-12-10-7-3-5-8-4-1-2-6-9(8)10/h1-2,4,6-7H,3,5H2. The van der Waals surface area contributed by atoms with Gasteiger partial charge in [0.15, 0.2) is 23.0 Å². The van der Waals surface area contributed by atoms with Gasteiger partial charge in [-0.05, 0) is 24.5 Å². The molecule has 0 aliphatic heterocycles. The van der Waals surface area contributed by atoms with Crippen LogP contribution in [0.4, 0.5) is 0 Å². The van der Waals surface area contributed by atoms with E-state index in [2.05, 4.69) is 24.3 Å². The third-order valence-corrected chi connectivity index (χ3v) is 2.58. The van der Waals surface area contributed by atoms with Crippen molar-refractivity contribution in [2.45, 2.75) is 12.8 Å². The van der Waals surface area contributed by atoms with E-state index in [1.165, 1.54) is 11.1 Å². The Kier molecular flexibility index (Phi) is 2.35. The van der Waals surface area contributed by atoms with Crippen LogP contribution in [0.2, 0.25) is 0 Å². The van der Waals surface area contributed by atoms with Crippen molar-refractivity contribution in [1.82, 2.24) is 0 Å². The van der Waals surface area contributed by atoms with Crippen molar-refractivity contribution in [2.24, 2.45) is 0 Å². The van der Waals surface area contributed by atoms with Crippen molar-refractivity contribution in [3.05, 3.63) is 41.5 Å². The molecule has 1 aromatic rings. The van der Waals surface area contributed by atoms with E-state index in [4.69, 9.17) is 3.07 Å². The van der Waals surface area contributed by atoms with Crippen LogP contribution >= 0.6 is 23.0 Å². The van der Waals surface area contributed by atoms with Crippen LogP contribution in [0.15, 0.2) is 30.3 Å². The smallest absolute Gasteiger partial charge is 0.192 e. The second kappa shape index (κ2) is 3.47. The van der Waals surface area contributed by atoms with Gasteiger partial charge in [-0.1, -0.05) is 24.3 Å². The summed E-state index contributed by atoms with van der Waals surface area (Å²) >= 11 is 1.94. The van der Waals surface area contributed by atoms with Crippen molar-refractivity contribution in [3.63, 3.8) is 0 Å². The second-order valence-electron chi connectivity index (χ2n) is 2.84. The summed E-state index contributed by atoms with van der Waals surface area (Å²) in [4.78, 5) is 0. The molecular weight excluding hydrogens is 263 g/mol. The minimum atomic E-state index is 1.01. The van der Waals surface area contributed by atoms with Crippen LogP contribution in [-0.2, 0) is 9.49 Å². The molecule has 0 fully saturated rings. The van der Waals surface area contributed by atoms with E-state index >= 15 is 0 Å². The Balaban J connectivity index is 2.48. The van der Waals surface area contributed by atoms with E-state index in [9.17, 15) is 0 Å². The molecule has 0 radical (unpaired) electrons. The summed E-state index contributed by atoms with van der Waals surface area (Å²) in [6.07, 6.45) is 4.38. The maximum absolute atomic E-state index is 5.25. The van der Waals surface area contributed by atoms with E-state index < -0.39 is 0 Å². The number of rotatable bonds is 1. The number of benzene rings is 1. The largest absolute Gasteiger partial charge is 0.427 e. The van der Waals surface area contributed by atoms with Gasteiger partial charge in [0.05, 0.1) is 0 Å². The second-order valence-corrected chi connectivity index (χ2v) is 3.28. The fraction of sp³-hybridized carbons (Fsp3) is 0.200. The maximum atomic E-state index is 5.25. The Bertz CT molecular complexity index is 317. The zero-order chi connectivity index (χ0) is 8.39. The zero-order valence-electron chi connectivity index (χ0n) is 6.59. The molecule has 0 heterocycles. The van der Waals surface area contributed by atoms with E-state index in [1.54, 1.807) is 0 Å². The van der Waals surface area contributed by atoms with Crippen molar-refractivity contribution >= 4 is 28.8 Å². The highest BCUT2D eigenvalue weighted by Crippen LogP contribution is 2.28. The van der Waals surface area contributed by atoms with E-state index in [-0.39, 0.29) is 0 Å². The lowest BCUT2D eigenvalue weighted by Crippen LogP contribution is -1.98. The Labute approximate surface area is 86.1 Å². The van der Waals surface area contributed by atoms with Gasteiger partial charge in [0.1, 0.15) is 5.76 Å². The quantitative estimate of drug-likeness (QED) is 0.712. The van der Waals surface area contributed by atoms with E-state index in [1.807, 2.05) is 29.1 Å². The lowest BCUT2D eigenvalue weighted by atomic mass is 9.96. The van der Waals surface area contributed by atoms with Gasteiger partial charge < -0.3 is 3.07 Å². The van der Waals surface area contributed by atoms with Gasteiger partial charge in [-0.3, -0.25) is 0 Å². The molecule has 0 unspecified atom stereocenters. The molecule has 0 atom stereocenters. The summed E-state index contributed by atoms with van der Waals surface area (Å²) in [5.74, 6) is 1.01. The average molecular weight is 272 g/mol. The van der Waals surface area contributed by atoms with Crippen molar-refractivity contribution in [2.75, 3.05) is 0 Å². The normalized spacial score (nSPS) is 14.9. The number of fused-ring (bicyclic) bond motifs is 1. The molecular formula is C10H9IO. The Morgan fingerprint density at radius 2 is 2.08 bits per heavy atom. The first kappa shape index (κ1) is 8.10. The predicted molar refractivity (Wildman–Crippen MR) is 57.8 cm³/mol. The molecule has 1 aliphatic carbocycles.